The number of halogens is 2. The van der Waals surface area contributed by atoms with E-state index in [4.69, 9.17) is 31.2 Å². The fraction of sp³-hybridized carbons (Fsp3) is 0.222. The summed E-state index contributed by atoms with van der Waals surface area (Å²) in [4.78, 5) is 37.3. The molecule has 4 N–H and O–H groups in total. The van der Waals surface area contributed by atoms with Gasteiger partial charge < -0.3 is 34.9 Å². The summed E-state index contributed by atoms with van der Waals surface area (Å²) in [6, 6.07) is 25.8. The molecular formula is C36H30Br2N4O7S. The van der Waals surface area contributed by atoms with Crippen LogP contribution in [0.15, 0.2) is 93.9 Å². The molecule has 2 saturated heterocycles. The minimum Gasteiger partial charge on any atom is -0.497 e. The minimum absolute atomic E-state index is 0.159. The molecule has 4 aliphatic rings. The van der Waals surface area contributed by atoms with Crippen LogP contribution in [-0.2, 0) is 20.7 Å². The normalized spacial score (nSPS) is 24.3. The molecule has 0 aliphatic carbocycles. The molecule has 0 radical (unpaired) electrons. The number of benzene rings is 4. The van der Waals surface area contributed by atoms with Gasteiger partial charge in [-0.05, 0) is 84.0 Å². The summed E-state index contributed by atoms with van der Waals surface area (Å²) >= 11 is 12.1. The molecule has 4 heterocycles. The van der Waals surface area contributed by atoms with E-state index in [1.54, 1.807) is 20.3 Å². The number of amides is 4. The summed E-state index contributed by atoms with van der Waals surface area (Å²) in [6.07, 6.45) is 0.0208. The zero-order valence-corrected chi connectivity index (χ0v) is 30.7. The molecule has 256 valence electrons. The molecule has 4 aromatic carbocycles. The number of methoxy groups -OCH3 is 2. The van der Waals surface area contributed by atoms with E-state index in [2.05, 4.69) is 53.1 Å². The Morgan fingerprint density at radius 3 is 1.58 bits per heavy atom. The van der Waals surface area contributed by atoms with Gasteiger partial charge in [0.1, 0.15) is 35.2 Å². The summed E-state index contributed by atoms with van der Waals surface area (Å²) in [5.41, 5.74) is 1.15. The molecule has 0 aromatic heterocycles. The Bertz CT molecular complexity index is 1920. The first kappa shape index (κ1) is 33.8. The molecule has 14 heteroatoms. The molecule has 4 amide bonds. The number of nitrogens with one attached hydrogen (secondary N) is 4. The Morgan fingerprint density at radius 1 is 0.680 bits per heavy atom. The number of thiocarbonyl (C=S) groups is 1. The number of rotatable bonds is 4. The topological polar surface area (TPSA) is 136 Å². The number of carbonyl (C=O) groups is 3. The minimum atomic E-state index is -1.15. The van der Waals surface area contributed by atoms with Crippen molar-refractivity contribution in [2.45, 2.75) is 36.1 Å². The van der Waals surface area contributed by atoms with Crippen molar-refractivity contribution in [2.24, 2.45) is 0 Å². The van der Waals surface area contributed by atoms with Gasteiger partial charge in [0.05, 0.1) is 14.2 Å². The zero-order valence-electron chi connectivity index (χ0n) is 26.7. The fourth-order valence-corrected chi connectivity index (χ4v) is 7.74. The van der Waals surface area contributed by atoms with E-state index in [0.29, 0.717) is 40.8 Å². The van der Waals surface area contributed by atoms with Crippen LogP contribution in [0.4, 0.5) is 4.79 Å². The van der Waals surface area contributed by atoms with Gasteiger partial charge in [-0.3, -0.25) is 14.9 Å². The molecule has 0 saturated carbocycles. The van der Waals surface area contributed by atoms with Crippen molar-refractivity contribution in [3.63, 3.8) is 0 Å². The Morgan fingerprint density at radius 2 is 1.16 bits per heavy atom. The number of hydrogen-bond acceptors (Lipinski definition) is 8. The van der Waals surface area contributed by atoms with Crippen molar-refractivity contribution in [1.29, 1.82) is 0 Å². The number of hydrogen-bond donors (Lipinski definition) is 4. The highest BCUT2D eigenvalue weighted by Crippen LogP contribution is 2.48. The summed E-state index contributed by atoms with van der Waals surface area (Å²) in [6.45, 7) is 0. The molecule has 50 heavy (non-hydrogen) atoms. The lowest BCUT2D eigenvalue weighted by atomic mass is 9.80. The maximum atomic E-state index is 12.8. The second-order valence-electron chi connectivity index (χ2n) is 12.1. The highest BCUT2D eigenvalue weighted by Gasteiger charge is 2.54. The van der Waals surface area contributed by atoms with Crippen LogP contribution < -0.4 is 40.2 Å². The van der Waals surface area contributed by atoms with E-state index in [0.717, 1.165) is 31.4 Å². The summed E-state index contributed by atoms with van der Waals surface area (Å²) in [7, 11) is 3.22. The van der Waals surface area contributed by atoms with E-state index in [1.165, 1.54) is 0 Å². The number of imide groups is 1. The van der Waals surface area contributed by atoms with Gasteiger partial charge in [0, 0.05) is 32.9 Å². The van der Waals surface area contributed by atoms with Crippen molar-refractivity contribution in [3.05, 3.63) is 116 Å². The molecule has 2 spiro atoms. The van der Waals surface area contributed by atoms with Crippen molar-refractivity contribution in [3.8, 4) is 23.0 Å². The van der Waals surface area contributed by atoms with Gasteiger partial charge in [0.25, 0.3) is 11.8 Å². The van der Waals surface area contributed by atoms with Gasteiger partial charge in [0.2, 0.25) is 0 Å². The number of fused-ring (bicyclic) bond motifs is 4. The second kappa shape index (κ2) is 13.2. The molecule has 0 bridgehead atoms. The highest BCUT2D eigenvalue weighted by atomic mass is 79.9. The Hall–Kier alpha value is -4.66. The lowest BCUT2D eigenvalue weighted by molar-refractivity contribution is -0.126. The molecule has 4 unspecified atom stereocenters. The maximum absolute atomic E-state index is 12.8. The third kappa shape index (κ3) is 6.05. The molecule has 4 aliphatic heterocycles. The molecule has 2 fully saturated rings. The van der Waals surface area contributed by atoms with Gasteiger partial charge in [-0.1, -0.05) is 56.1 Å². The van der Waals surface area contributed by atoms with Gasteiger partial charge in [-0.15, -0.1) is 0 Å². The highest BCUT2D eigenvalue weighted by molar-refractivity contribution is 9.10. The van der Waals surface area contributed by atoms with Crippen LogP contribution in [0.2, 0.25) is 0 Å². The van der Waals surface area contributed by atoms with Crippen LogP contribution in [0.5, 0.6) is 23.0 Å². The van der Waals surface area contributed by atoms with Crippen LogP contribution in [0, 0.1) is 0 Å². The average molecular weight is 823 g/mol. The number of carbonyl (C=O) groups excluding carboxylic acids is 3. The molecule has 11 nitrogen and oxygen atoms in total. The summed E-state index contributed by atoms with van der Waals surface area (Å²) < 4.78 is 24.6. The first-order chi connectivity index (χ1) is 24.0. The van der Waals surface area contributed by atoms with E-state index < -0.39 is 23.2 Å². The van der Waals surface area contributed by atoms with Gasteiger partial charge >= 0.3 is 6.03 Å². The molecular weight excluding hydrogens is 792 g/mol. The Labute approximate surface area is 309 Å². The lowest BCUT2D eigenvalue weighted by Crippen LogP contribution is -2.48. The van der Waals surface area contributed by atoms with Gasteiger partial charge in [-0.2, -0.15) is 0 Å². The van der Waals surface area contributed by atoms with Crippen LogP contribution in [0.1, 0.15) is 47.3 Å². The fourth-order valence-electron chi connectivity index (χ4n) is 6.75. The quantitative estimate of drug-likeness (QED) is 0.140. The lowest BCUT2D eigenvalue weighted by Gasteiger charge is -2.38. The van der Waals surface area contributed by atoms with Gasteiger partial charge in [0.15, 0.2) is 16.2 Å². The van der Waals surface area contributed by atoms with E-state index >= 15 is 0 Å². The van der Waals surface area contributed by atoms with Crippen LogP contribution in [0.25, 0.3) is 0 Å². The number of urea groups is 1. The van der Waals surface area contributed by atoms with E-state index in [9.17, 15) is 14.4 Å². The van der Waals surface area contributed by atoms with Crippen LogP contribution in [0.3, 0.4) is 0 Å². The summed E-state index contributed by atoms with van der Waals surface area (Å²) in [5.74, 6) is 2.16. The van der Waals surface area contributed by atoms with Crippen molar-refractivity contribution >= 4 is 67.0 Å². The standard InChI is InChI=1S/C18H15BrN2O4.C18H15BrN2O3S/c1-24-12-4-2-3-10(7-12)15-9-18(16(22)20-17(23)21-18)13-8-11(19)5-6-14(13)25-15;1-23-12-4-2-3-10(7-12)15-9-18(16(22)20-17(25)21-18)13-8-11(19)5-6-14(13)24-15/h2-8,15H,9H2,1H3,(H2,20,21,22,23);2-8,15H,9H2,1H3,(H2,20,21,22,25). The third-order valence-corrected chi connectivity index (χ3v) is 10.3. The SMILES string of the molecule is COc1cccc(C2CC3(NC(=O)NC3=O)c3cc(Br)ccc3O2)c1.COc1cccc(C2CC3(NC(=S)NC3=O)c3cc(Br)ccc3O2)c1. The van der Waals surface area contributed by atoms with Crippen LogP contribution >= 0.6 is 44.1 Å². The van der Waals surface area contributed by atoms with E-state index in [1.807, 2.05) is 78.9 Å². The molecule has 4 atom stereocenters. The second-order valence-corrected chi connectivity index (χ2v) is 14.3. The van der Waals surface area contributed by atoms with E-state index in [-0.39, 0.29) is 17.9 Å². The Kier molecular flexibility index (Phi) is 8.95. The zero-order chi connectivity index (χ0) is 35.2. The first-order valence-electron chi connectivity index (χ1n) is 15.5. The van der Waals surface area contributed by atoms with Crippen molar-refractivity contribution in [2.75, 3.05) is 14.2 Å². The van der Waals surface area contributed by atoms with Gasteiger partial charge in [-0.25, -0.2) is 4.79 Å². The summed E-state index contributed by atoms with van der Waals surface area (Å²) in [5, 5.41) is 11.4. The Balaban J connectivity index is 0.000000157. The smallest absolute Gasteiger partial charge is 0.322 e. The number of ether oxygens (including phenoxy) is 4. The van der Waals surface area contributed by atoms with Crippen molar-refractivity contribution < 1.29 is 33.3 Å². The average Bonchev–Trinajstić information content (AvgIpc) is 3.56. The predicted octanol–water partition coefficient (Wildman–Crippen LogP) is 6.20. The molecule has 4 aromatic rings. The monoisotopic (exact) mass is 820 g/mol. The largest absolute Gasteiger partial charge is 0.497 e. The van der Waals surface area contributed by atoms with Crippen molar-refractivity contribution in [1.82, 2.24) is 21.3 Å². The van der Waals surface area contributed by atoms with Crippen LogP contribution in [-0.4, -0.2) is 37.2 Å². The maximum Gasteiger partial charge on any atom is 0.322 e. The third-order valence-electron chi connectivity index (χ3n) is 9.14. The predicted molar refractivity (Wildman–Crippen MR) is 194 cm³/mol. The first-order valence-corrected chi connectivity index (χ1v) is 17.5. The molecule has 8 rings (SSSR count).